The maximum absolute atomic E-state index is 13.5. The number of aliphatic carboxylic acids is 1. The number of nitrogens with zero attached hydrogens (tertiary/aromatic N) is 1. The number of carboxylic acids is 1. The molecule has 7 nitrogen and oxygen atoms in total. The molecule has 1 saturated heterocycles. The van der Waals surface area contributed by atoms with Crippen LogP contribution in [0.3, 0.4) is 0 Å². The molecule has 4 rings (SSSR count). The van der Waals surface area contributed by atoms with Crippen LogP contribution in [-0.4, -0.2) is 62.8 Å². The minimum atomic E-state index is -5.08. The predicted molar refractivity (Wildman–Crippen MR) is 149 cm³/mol. The van der Waals surface area contributed by atoms with Gasteiger partial charge in [0.1, 0.15) is 0 Å². The number of piperidine rings is 1. The summed E-state index contributed by atoms with van der Waals surface area (Å²) in [5.41, 5.74) is 3.63. The molecule has 218 valence electrons. The van der Waals surface area contributed by atoms with E-state index in [1.807, 2.05) is 30.5 Å². The largest absolute Gasteiger partial charge is 0.490 e. The first-order valence-electron chi connectivity index (χ1n) is 13.2. The van der Waals surface area contributed by atoms with Crippen LogP contribution in [0.15, 0.2) is 48.7 Å². The molecule has 11 heteroatoms. The molecule has 1 fully saturated rings. The number of hydrogen-bond donors (Lipinski definition) is 4. The number of benzene rings is 2. The molecule has 1 aliphatic heterocycles. The summed E-state index contributed by atoms with van der Waals surface area (Å²) in [6.45, 7) is 6.85. The molecule has 1 aliphatic rings. The number of rotatable bonds is 7. The van der Waals surface area contributed by atoms with Crippen LogP contribution >= 0.6 is 11.6 Å². The number of carboxylic acid groups (broad SMARTS) is 1. The summed E-state index contributed by atoms with van der Waals surface area (Å²) in [5, 5.41) is 22.7. The van der Waals surface area contributed by atoms with Gasteiger partial charge in [-0.2, -0.15) is 13.2 Å². The molecule has 4 N–H and O–H groups in total. The Bertz CT molecular complexity index is 1300. The number of nitrogens with one attached hydrogen (secondary N) is 2. The number of carbonyl (C=O) groups is 2. The molecule has 1 aromatic heterocycles. The lowest BCUT2D eigenvalue weighted by Crippen LogP contribution is -2.47. The molecule has 2 aromatic carbocycles. The Morgan fingerprint density at radius 1 is 1.15 bits per heavy atom. The number of carbonyl (C=O) groups excluding carboxylic acids is 1. The fourth-order valence-electron chi connectivity index (χ4n) is 5.07. The van der Waals surface area contributed by atoms with E-state index >= 15 is 0 Å². The van der Waals surface area contributed by atoms with E-state index in [0.29, 0.717) is 11.6 Å². The molecule has 2 heterocycles. The number of alkyl halides is 3. The highest BCUT2D eigenvalue weighted by molar-refractivity contribution is 6.30. The normalized spacial score (nSPS) is 19.1. The second-order valence-corrected chi connectivity index (χ2v) is 10.7. The molecule has 0 spiro atoms. The molecule has 1 amide bonds. The molecule has 3 aromatic rings. The zero-order valence-corrected chi connectivity index (χ0v) is 23.4. The lowest BCUT2D eigenvalue weighted by molar-refractivity contribution is -0.192. The Balaban J connectivity index is 0.000000559. The summed E-state index contributed by atoms with van der Waals surface area (Å²) < 4.78 is 31.7. The van der Waals surface area contributed by atoms with Crippen LogP contribution in [-0.2, 0) is 11.2 Å². The summed E-state index contributed by atoms with van der Waals surface area (Å²) in [5.74, 6) is -2.64. The predicted octanol–water partition coefficient (Wildman–Crippen LogP) is 6.11. The fourth-order valence-corrected chi connectivity index (χ4v) is 5.27. The van der Waals surface area contributed by atoms with E-state index < -0.39 is 18.2 Å². The number of aromatic nitrogens is 1. The Morgan fingerprint density at radius 3 is 2.38 bits per heavy atom. The molecule has 0 aliphatic carbocycles. The van der Waals surface area contributed by atoms with Crippen molar-refractivity contribution >= 4 is 34.4 Å². The summed E-state index contributed by atoms with van der Waals surface area (Å²) in [6.07, 6.45) is 0.400. The maximum atomic E-state index is 13.5. The fraction of sp³-hybridized carbons (Fsp3) is 0.448. The van der Waals surface area contributed by atoms with Gasteiger partial charge in [-0.1, -0.05) is 35.9 Å². The molecular weight excluding hydrogens is 547 g/mol. The average Bonchev–Trinajstić information content (AvgIpc) is 3.29. The Morgan fingerprint density at radius 2 is 1.77 bits per heavy atom. The number of H-pyrrole nitrogens is 1. The van der Waals surface area contributed by atoms with E-state index in [1.165, 1.54) is 6.42 Å². The van der Waals surface area contributed by atoms with Crippen LogP contribution in [0, 0.1) is 0 Å². The first-order valence-corrected chi connectivity index (χ1v) is 13.6. The van der Waals surface area contributed by atoms with E-state index in [0.717, 1.165) is 46.9 Å². The van der Waals surface area contributed by atoms with Gasteiger partial charge in [-0.3, -0.25) is 4.79 Å². The van der Waals surface area contributed by atoms with Gasteiger partial charge in [0.2, 0.25) is 0 Å². The number of para-hydroxylation sites is 1. The first-order chi connectivity index (χ1) is 18.8. The second kappa shape index (κ2) is 13.5. The highest BCUT2D eigenvalue weighted by Gasteiger charge is 2.38. The van der Waals surface area contributed by atoms with Gasteiger partial charge in [0.05, 0.1) is 17.2 Å². The van der Waals surface area contributed by atoms with Gasteiger partial charge in [0.25, 0.3) is 5.91 Å². The third-order valence-electron chi connectivity index (χ3n) is 7.12. The average molecular weight is 582 g/mol. The highest BCUT2D eigenvalue weighted by Crippen LogP contribution is 2.29. The van der Waals surface area contributed by atoms with Crippen molar-refractivity contribution < 1.29 is 33.0 Å². The number of fused-ring (bicyclic) bond motifs is 1. The van der Waals surface area contributed by atoms with Crippen molar-refractivity contribution in [2.24, 2.45) is 0 Å². The van der Waals surface area contributed by atoms with E-state index in [1.54, 1.807) is 12.1 Å². The molecule has 0 bridgehead atoms. The van der Waals surface area contributed by atoms with Gasteiger partial charge in [-0.25, -0.2) is 4.79 Å². The monoisotopic (exact) mass is 581 g/mol. The number of amides is 1. The number of aromatic amines is 1. The van der Waals surface area contributed by atoms with E-state index in [2.05, 4.69) is 42.0 Å². The van der Waals surface area contributed by atoms with Crippen LogP contribution in [0.5, 0.6) is 0 Å². The Hall–Kier alpha value is -3.08. The lowest BCUT2D eigenvalue weighted by Gasteiger charge is -2.39. The Kier molecular flexibility index (Phi) is 10.6. The summed E-state index contributed by atoms with van der Waals surface area (Å²) in [6, 6.07) is 14.0. The minimum absolute atomic E-state index is 0.115. The van der Waals surface area contributed by atoms with E-state index in [-0.39, 0.29) is 24.0 Å². The summed E-state index contributed by atoms with van der Waals surface area (Å²) in [7, 11) is 0. The smallest absolute Gasteiger partial charge is 0.475 e. The van der Waals surface area contributed by atoms with Crippen molar-refractivity contribution in [2.75, 3.05) is 6.54 Å². The number of aliphatic hydroxyl groups excluding tert-OH is 1. The van der Waals surface area contributed by atoms with Crippen LogP contribution < -0.4 is 5.32 Å². The third-order valence-corrected chi connectivity index (χ3v) is 7.36. The first kappa shape index (κ1) is 31.4. The van der Waals surface area contributed by atoms with Crippen molar-refractivity contribution in [3.8, 4) is 0 Å². The van der Waals surface area contributed by atoms with Crippen molar-refractivity contribution in [3.63, 3.8) is 0 Å². The number of halogens is 4. The standard InChI is InChI=1S/C27H34ClN3O2.C2HF3O2/c1-17(29-16-25(32)20-9-5-10-22(28)14-20)13-21-15-30-26-23(21)11-6-12-24(26)27(33)31-18(2)7-4-8-19(31)3;3-2(4,5)1(6)7/h5-6,9-12,14-15,17-19,25,29-30,32H,4,7-8,13,16H2,1-3H3;(H,6,7)/t17-,18?,19?,25+;/m1./s1. The van der Waals surface area contributed by atoms with Gasteiger partial charge >= 0.3 is 12.1 Å². The van der Waals surface area contributed by atoms with Crippen LogP contribution in [0.25, 0.3) is 10.9 Å². The highest BCUT2D eigenvalue weighted by atomic mass is 35.5. The number of likely N-dealkylation sites (tertiary alicyclic amines) is 1. The molecule has 4 atom stereocenters. The van der Waals surface area contributed by atoms with Gasteiger partial charge in [-0.15, -0.1) is 0 Å². The number of aliphatic hydroxyl groups is 1. The topological polar surface area (TPSA) is 106 Å². The SMILES string of the molecule is CC1CCCC(C)N1C(=O)c1cccc2c(C[C@@H](C)NC[C@H](O)c3cccc(Cl)c3)c[nH]c12.O=C(O)C(F)(F)F. The van der Waals surface area contributed by atoms with Gasteiger partial charge in [-0.05, 0) is 75.8 Å². The zero-order chi connectivity index (χ0) is 29.6. The van der Waals surface area contributed by atoms with Gasteiger partial charge < -0.3 is 25.4 Å². The van der Waals surface area contributed by atoms with Crippen LogP contribution in [0.4, 0.5) is 13.2 Å². The van der Waals surface area contributed by atoms with Crippen molar-refractivity contribution in [1.29, 1.82) is 0 Å². The third kappa shape index (κ3) is 7.99. The summed E-state index contributed by atoms with van der Waals surface area (Å²) in [4.78, 5) is 27.8. The Labute approximate surface area is 236 Å². The lowest BCUT2D eigenvalue weighted by atomic mass is 9.95. The van der Waals surface area contributed by atoms with Crippen molar-refractivity contribution in [2.45, 2.75) is 76.9 Å². The van der Waals surface area contributed by atoms with Crippen molar-refractivity contribution in [1.82, 2.24) is 15.2 Å². The molecular formula is C29H35ClF3N3O4. The van der Waals surface area contributed by atoms with Crippen molar-refractivity contribution in [3.05, 3.63) is 70.4 Å². The molecule has 0 saturated carbocycles. The number of hydrogen-bond acceptors (Lipinski definition) is 4. The molecule has 0 radical (unpaired) electrons. The van der Waals surface area contributed by atoms with Gasteiger partial charge in [0, 0.05) is 41.3 Å². The molecule has 40 heavy (non-hydrogen) atoms. The van der Waals surface area contributed by atoms with E-state index in [4.69, 9.17) is 21.5 Å². The maximum Gasteiger partial charge on any atom is 0.490 e. The molecule has 2 unspecified atom stereocenters. The summed E-state index contributed by atoms with van der Waals surface area (Å²) >= 11 is 6.04. The van der Waals surface area contributed by atoms with Crippen LogP contribution in [0.2, 0.25) is 5.02 Å². The van der Waals surface area contributed by atoms with Gasteiger partial charge in [0.15, 0.2) is 0 Å². The van der Waals surface area contributed by atoms with Crippen LogP contribution in [0.1, 0.15) is 67.6 Å². The van der Waals surface area contributed by atoms with E-state index in [9.17, 15) is 23.1 Å². The second-order valence-electron chi connectivity index (χ2n) is 10.3. The quantitative estimate of drug-likeness (QED) is 0.269. The zero-order valence-electron chi connectivity index (χ0n) is 22.6. The minimum Gasteiger partial charge on any atom is -0.475 e.